The number of hydrogen-bond donors (Lipinski definition) is 2. The SMILES string of the molecule is NCC1(c2ccc(Cl)c(N)c2)CCCCC1. The molecular formula is C13H19ClN2. The van der Waals surface area contributed by atoms with E-state index >= 15 is 0 Å². The molecule has 1 aromatic rings. The third-order valence-electron chi connectivity index (χ3n) is 3.81. The van der Waals surface area contributed by atoms with Crippen LogP contribution in [0.25, 0.3) is 0 Å². The molecule has 16 heavy (non-hydrogen) atoms. The van der Waals surface area contributed by atoms with Gasteiger partial charge in [-0.3, -0.25) is 0 Å². The van der Waals surface area contributed by atoms with Crippen LogP contribution in [0.1, 0.15) is 37.7 Å². The van der Waals surface area contributed by atoms with Gasteiger partial charge in [0.15, 0.2) is 0 Å². The minimum Gasteiger partial charge on any atom is -0.398 e. The molecule has 0 aromatic heterocycles. The molecule has 2 rings (SSSR count). The molecule has 0 radical (unpaired) electrons. The molecule has 0 amide bonds. The van der Waals surface area contributed by atoms with E-state index in [1.165, 1.54) is 37.7 Å². The molecule has 0 spiro atoms. The molecule has 0 bridgehead atoms. The summed E-state index contributed by atoms with van der Waals surface area (Å²) in [5.74, 6) is 0. The predicted molar refractivity (Wildman–Crippen MR) is 69.7 cm³/mol. The number of benzene rings is 1. The molecule has 0 heterocycles. The van der Waals surface area contributed by atoms with E-state index in [0.29, 0.717) is 17.3 Å². The largest absolute Gasteiger partial charge is 0.398 e. The van der Waals surface area contributed by atoms with Crippen molar-refractivity contribution in [3.63, 3.8) is 0 Å². The van der Waals surface area contributed by atoms with Crippen molar-refractivity contribution in [2.24, 2.45) is 5.73 Å². The molecule has 3 heteroatoms. The van der Waals surface area contributed by atoms with Gasteiger partial charge >= 0.3 is 0 Å². The van der Waals surface area contributed by atoms with Gasteiger partial charge in [-0.15, -0.1) is 0 Å². The van der Waals surface area contributed by atoms with Crippen molar-refractivity contribution in [1.29, 1.82) is 0 Å². The molecule has 0 aliphatic heterocycles. The Morgan fingerprint density at radius 2 is 1.88 bits per heavy atom. The summed E-state index contributed by atoms with van der Waals surface area (Å²) >= 11 is 5.95. The highest BCUT2D eigenvalue weighted by molar-refractivity contribution is 6.33. The summed E-state index contributed by atoms with van der Waals surface area (Å²) in [5, 5.41) is 0.631. The summed E-state index contributed by atoms with van der Waals surface area (Å²) in [5.41, 5.74) is 13.9. The van der Waals surface area contributed by atoms with Gasteiger partial charge in [-0.25, -0.2) is 0 Å². The fraction of sp³-hybridized carbons (Fsp3) is 0.538. The van der Waals surface area contributed by atoms with Crippen LogP contribution >= 0.6 is 11.6 Å². The first-order chi connectivity index (χ1) is 7.68. The van der Waals surface area contributed by atoms with Crippen LogP contribution in [0.15, 0.2) is 18.2 Å². The first kappa shape index (κ1) is 11.7. The summed E-state index contributed by atoms with van der Waals surface area (Å²) in [6, 6.07) is 5.97. The van der Waals surface area contributed by atoms with Crippen molar-refractivity contribution in [3.05, 3.63) is 28.8 Å². The van der Waals surface area contributed by atoms with E-state index in [1.807, 2.05) is 12.1 Å². The molecule has 1 fully saturated rings. The van der Waals surface area contributed by atoms with Crippen LogP contribution in [-0.4, -0.2) is 6.54 Å². The van der Waals surface area contributed by atoms with Gasteiger partial charge in [-0.05, 0) is 30.5 Å². The zero-order chi connectivity index (χ0) is 11.6. The van der Waals surface area contributed by atoms with Crippen LogP contribution in [-0.2, 0) is 5.41 Å². The highest BCUT2D eigenvalue weighted by Gasteiger charge is 2.32. The molecule has 1 aliphatic rings. The molecule has 1 aliphatic carbocycles. The molecular weight excluding hydrogens is 220 g/mol. The summed E-state index contributed by atoms with van der Waals surface area (Å²) in [6.07, 6.45) is 6.19. The van der Waals surface area contributed by atoms with Crippen LogP contribution in [0.3, 0.4) is 0 Å². The van der Waals surface area contributed by atoms with E-state index < -0.39 is 0 Å². The maximum Gasteiger partial charge on any atom is 0.0635 e. The maximum absolute atomic E-state index is 5.98. The number of halogens is 1. The summed E-state index contributed by atoms with van der Waals surface area (Å²) in [4.78, 5) is 0. The average molecular weight is 239 g/mol. The molecule has 1 aromatic carbocycles. The fourth-order valence-electron chi connectivity index (χ4n) is 2.71. The quantitative estimate of drug-likeness (QED) is 0.778. The normalized spacial score (nSPS) is 19.6. The molecule has 1 saturated carbocycles. The van der Waals surface area contributed by atoms with Crippen molar-refractivity contribution in [3.8, 4) is 0 Å². The Labute approximate surface area is 102 Å². The Balaban J connectivity index is 2.35. The standard InChI is InChI=1S/C13H19ClN2/c14-11-5-4-10(8-12(11)16)13(9-15)6-2-1-3-7-13/h4-5,8H,1-3,6-7,9,15-16H2. The van der Waals surface area contributed by atoms with Crippen LogP contribution in [0, 0.1) is 0 Å². The minimum absolute atomic E-state index is 0.136. The zero-order valence-electron chi connectivity index (χ0n) is 9.51. The second-order valence-corrected chi connectivity index (χ2v) is 5.19. The van der Waals surface area contributed by atoms with Gasteiger partial charge < -0.3 is 11.5 Å². The molecule has 2 nitrogen and oxygen atoms in total. The lowest BCUT2D eigenvalue weighted by atomic mass is 9.69. The molecule has 0 saturated heterocycles. The second-order valence-electron chi connectivity index (χ2n) is 4.78. The van der Waals surface area contributed by atoms with Crippen molar-refractivity contribution in [1.82, 2.24) is 0 Å². The summed E-state index contributed by atoms with van der Waals surface area (Å²) in [6.45, 7) is 0.702. The van der Waals surface area contributed by atoms with Gasteiger partial charge in [0.05, 0.1) is 10.7 Å². The van der Waals surface area contributed by atoms with E-state index in [4.69, 9.17) is 23.1 Å². The molecule has 88 valence electrons. The lowest BCUT2D eigenvalue weighted by molar-refractivity contribution is 0.301. The van der Waals surface area contributed by atoms with Crippen LogP contribution in [0.2, 0.25) is 5.02 Å². The number of nitrogens with two attached hydrogens (primary N) is 2. The number of rotatable bonds is 2. The van der Waals surface area contributed by atoms with Crippen molar-refractivity contribution in [2.45, 2.75) is 37.5 Å². The van der Waals surface area contributed by atoms with Gasteiger partial charge in [0.1, 0.15) is 0 Å². The Morgan fingerprint density at radius 1 is 1.19 bits per heavy atom. The van der Waals surface area contributed by atoms with Crippen molar-refractivity contribution < 1.29 is 0 Å². The molecule has 0 atom stereocenters. The van der Waals surface area contributed by atoms with Crippen LogP contribution < -0.4 is 11.5 Å². The summed E-state index contributed by atoms with van der Waals surface area (Å²) < 4.78 is 0. The van der Waals surface area contributed by atoms with Gasteiger partial charge in [0.25, 0.3) is 0 Å². The topological polar surface area (TPSA) is 52.0 Å². The highest BCUT2D eigenvalue weighted by atomic mass is 35.5. The first-order valence-electron chi connectivity index (χ1n) is 5.93. The van der Waals surface area contributed by atoms with Gasteiger partial charge in [-0.2, -0.15) is 0 Å². The predicted octanol–water partition coefficient (Wildman–Crippen LogP) is 3.08. The van der Waals surface area contributed by atoms with Crippen molar-refractivity contribution >= 4 is 17.3 Å². The number of anilines is 1. The number of nitrogen functional groups attached to an aromatic ring is 1. The lowest BCUT2D eigenvalue weighted by Gasteiger charge is -2.37. The Kier molecular flexibility index (Phi) is 3.41. The zero-order valence-corrected chi connectivity index (χ0v) is 10.3. The number of hydrogen-bond acceptors (Lipinski definition) is 2. The van der Waals surface area contributed by atoms with E-state index in [9.17, 15) is 0 Å². The first-order valence-corrected chi connectivity index (χ1v) is 6.31. The van der Waals surface area contributed by atoms with Gasteiger partial charge in [0.2, 0.25) is 0 Å². The van der Waals surface area contributed by atoms with Gasteiger partial charge in [-0.1, -0.05) is 36.9 Å². The minimum atomic E-state index is 0.136. The lowest BCUT2D eigenvalue weighted by Crippen LogP contribution is -2.37. The molecule has 0 unspecified atom stereocenters. The Morgan fingerprint density at radius 3 is 2.44 bits per heavy atom. The molecule has 4 N–H and O–H groups in total. The monoisotopic (exact) mass is 238 g/mol. The van der Waals surface area contributed by atoms with Crippen LogP contribution in [0.5, 0.6) is 0 Å². The van der Waals surface area contributed by atoms with Crippen molar-refractivity contribution in [2.75, 3.05) is 12.3 Å². The van der Waals surface area contributed by atoms with E-state index in [-0.39, 0.29) is 5.41 Å². The third kappa shape index (κ3) is 2.04. The van der Waals surface area contributed by atoms with Crippen LogP contribution in [0.4, 0.5) is 5.69 Å². The third-order valence-corrected chi connectivity index (χ3v) is 4.15. The maximum atomic E-state index is 5.98. The van der Waals surface area contributed by atoms with E-state index in [0.717, 1.165) is 0 Å². The second kappa shape index (κ2) is 4.64. The van der Waals surface area contributed by atoms with E-state index in [1.54, 1.807) is 0 Å². The van der Waals surface area contributed by atoms with E-state index in [2.05, 4.69) is 6.07 Å². The smallest absolute Gasteiger partial charge is 0.0635 e. The fourth-order valence-corrected chi connectivity index (χ4v) is 2.83. The Hall–Kier alpha value is -0.730. The summed E-state index contributed by atoms with van der Waals surface area (Å²) in [7, 11) is 0. The van der Waals surface area contributed by atoms with Gasteiger partial charge in [0, 0.05) is 12.0 Å². The average Bonchev–Trinajstić information content (AvgIpc) is 2.33. The highest BCUT2D eigenvalue weighted by Crippen LogP contribution is 2.39. The Bertz CT molecular complexity index is 370.